The Kier molecular flexibility index (Phi) is 4.77. The van der Waals surface area contributed by atoms with Gasteiger partial charge in [-0.2, -0.15) is 0 Å². The van der Waals surface area contributed by atoms with Crippen molar-refractivity contribution in [2.24, 2.45) is 0 Å². The van der Waals surface area contributed by atoms with Gasteiger partial charge in [0.25, 0.3) is 5.69 Å². The number of anilines is 1. The van der Waals surface area contributed by atoms with E-state index < -0.39 is 10.8 Å². The van der Waals surface area contributed by atoms with Crippen molar-refractivity contribution >= 4 is 33.1 Å². The van der Waals surface area contributed by atoms with Crippen molar-refractivity contribution in [2.75, 3.05) is 23.7 Å². The van der Waals surface area contributed by atoms with Crippen LogP contribution in [0.25, 0.3) is 10.9 Å². The van der Waals surface area contributed by atoms with Gasteiger partial charge in [0.15, 0.2) is 5.52 Å². The van der Waals surface area contributed by atoms with Gasteiger partial charge in [-0.25, -0.2) is 4.98 Å². The average molecular weight is 361 g/mol. The quantitative estimate of drug-likeness (QED) is 0.614. The fourth-order valence-electron chi connectivity index (χ4n) is 3.66. The van der Waals surface area contributed by atoms with Gasteiger partial charge in [-0.3, -0.25) is 14.3 Å². The SMILES string of the molecule is CCC1(CC)CN(c2cc(C)nc3c([N+](=O)[O-])cccc23)CCS1=O. The maximum absolute atomic E-state index is 12.6. The number of hydrogen-bond acceptors (Lipinski definition) is 5. The third-order valence-electron chi connectivity index (χ3n) is 5.26. The Morgan fingerprint density at radius 1 is 1.36 bits per heavy atom. The molecular weight excluding hydrogens is 338 g/mol. The highest BCUT2D eigenvalue weighted by Crippen LogP contribution is 2.36. The summed E-state index contributed by atoms with van der Waals surface area (Å²) in [6.45, 7) is 7.43. The molecule has 0 saturated carbocycles. The van der Waals surface area contributed by atoms with Gasteiger partial charge in [-0.05, 0) is 25.8 Å². The molecule has 6 nitrogen and oxygen atoms in total. The normalized spacial score (nSPS) is 20.0. The highest BCUT2D eigenvalue weighted by Gasteiger charge is 2.39. The van der Waals surface area contributed by atoms with Gasteiger partial charge >= 0.3 is 0 Å². The summed E-state index contributed by atoms with van der Waals surface area (Å²) in [4.78, 5) is 17.6. The number of pyridine rings is 1. The van der Waals surface area contributed by atoms with Crippen LogP contribution in [0.3, 0.4) is 0 Å². The molecule has 0 N–H and O–H groups in total. The molecule has 1 aliphatic rings. The number of aromatic nitrogens is 1. The molecule has 134 valence electrons. The van der Waals surface area contributed by atoms with Gasteiger partial charge in [0.2, 0.25) is 0 Å². The third kappa shape index (κ3) is 3.01. The van der Waals surface area contributed by atoms with Crippen molar-refractivity contribution in [3.8, 4) is 0 Å². The molecular formula is C18H23N3O3S. The van der Waals surface area contributed by atoms with E-state index in [2.05, 4.69) is 23.7 Å². The molecule has 0 bridgehead atoms. The zero-order valence-electron chi connectivity index (χ0n) is 14.8. The van der Waals surface area contributed by atoms with Crippen LogP contribution in [0, 0.1) is 17.0 Å². The second-order valence-corrected chi connectivity index (χ2v) is 8.54. The number of nitro groups is 1. The van der Waals surface area contributed by atoms with Gasteiger partial charge in [0, 0.05) is 52.5 Å². The van der Waals surface area contributed by atoms with Crippen molar-refractivity contribution in [3.63, 3.8) is 0 Å². The zero-order chi connectivity index (χ0) is 18.2. The van der Waals surface area contributed by atoms with Crippen molar-refractivity contribution in [2.45, 2.75) is 38.4 Å². The fraction of sp³-hybridized carbons (Fsp3) is 0.500. The minimum Gasteiger partial charge on any atom is -0.369 e. The molecule has 1 aromatic carbocycles. The van der Waals surface area contributed by atoms with Crippen LogP contribution in [0.15, 0.2) is 24.3 Å². The van der Waals surface area contributed by atoms with E-state index >= 15 is 0 Å². The second kappa shape index (κ2) is 6.71. The van der Waals surface area contributed by atoms with Crippen molar-refractivity contribution in [3.05, 3.63) is 40.1 Å². The highest BCUT2D eigenvalue weighted by atomic mass is 32.2. The van der Waals surface area contributed by atoms with Crippen LogP contribution in [0.1, 0.15) is 32.4 Å². The highest BCUT2D eigenvalue weighted by molar-refractivity contribution is 7.86. The number of nitrogens with zero attached hydrogens (tertiary/aromatic N) is 3. The summed E-state index contributed by atoms with van der Waals surface area (Å²) < 4.78 is 12.4. The molecule has 2 aromatic rings. The molecule has 3 rings (SSSR count). The van der Waals surface area contributed by atoms with E-state index in [-0.39, 0.29) is 15.4 Å². The lowest BCUT2D eigenvalue weighted by Crippen LogP contribution is -2.53. The lowest BCUT2D eigenvalue weighted by molar-refractivity contribution is -0.383. The molecule has 25 heavy (non-hydrogen) atoms. The summed E-state index contributed by atoms with van der Waals surface area (Å²) >= 11 is 0. The maximum atomic E-state index is 12.6. The van der Waals surface area contributed by atoms with Crippen molar-refractivity contribution in [1.82, 2.24) is 4.98 Å². The topological polar surface area (TPSA) is 76.3 Å². The molecule has 0 radical (unpaired) electrons. The minimum absolute atomic E-state index is 0.0280. The lowest BCUT2D eigenvalue weighted by Gasteiger charge is -2.42. The van der Waals surface area contributed by atoms with Crippen LogP contribution in [-0.2, 0) is 10.8 Å². The Hall–Kier alpha value is -2.02. The maximum Gasteiger partial charge on any atom is 0.295 e. The predicted molar refractivity (Wildman–Crippen MR) is 102 cm³/mol. The summed E-state index contributed by atoms with van der Waals surface area (Å²) in [5.41, 5.74) is 2.16. The van der Waals surface area contributed by atoms with Gasteiger partial charge in [0.05, 0.1) is 9.67 Å². The zero-order valence-corrected chi connectivity index (χ0v) is 15.6. The Balaban J connectivity index is 2.14. The molecule has 1 saturated heterocycles. The molecule has 0 amide bonds. The number of hydrogen-bond donors (Lipinski definition) is 0. The first kappa shape index (κ1) is 17.8. The lowest BCUT2D eigenvalue weighted by atomic mass is 10.00. The number of aryl methyl sites for hydroxylation is 1. The number of nitro benzene ring substituents is 1. The van der Waals surface area contributed by atoms with E-state index in [0.29, 0.717) is 24.4 Å². The van der Waals surface area contributed by atoms with E-state index in [9.17, 15) is 14.3 Å². The Labute approximate surface area is 149 Å². The molecule has 0 aliphatic carbocycles. The van der Waals surface area contributed by atoms with Crippen LogP contribution in [-0.4, -0.2) is 37.7 Å². The van der Waals surface area contributed by atoms with Gasteiger partial charge in [-0.15, -0.1) is 0 Å². The number of para-hydroxylation sites is 1. The molecule has 0 spiro atoms. The summed E-state index contributed by atoms with van der Waals surface area (Å²) in [5, 5.41) is 12.1. The van der Waals surface area contributed by atoms with Crippen molar-refractivity contribution < 1.29 is 9.13 Å². The van der Waals surface area contributed by atoms with Crippen LogP contribution < -0.4 is 4.90 Å². The van der Waals surface area contributed by atoms with Gasteiger partial charge in [-0.1, -0.05) is 26.0 Å². The van der Waals surface area contributed by atoms with E-state index in [4.69, 9.17) is 0 Å². The van der Waals surface area contributed by atoms with E-state index in [1.807, 2.05) is 19.1 Å². The molecule has 1 atom stereocenters. The van der Waals surface area contributed by atoms with Crippen molar-refractivity contribution in [1.29, 1.82) is 0 Å². The van der Waals surface area contributed by atoms with Crippen LogP contribution in [0.2, 0.25) is 0 Å². The van der Waals surface area contributed by atoms with Crippen LogP contribution in [0.5, 0.6) is 0 Å². The summed E-state index contributed by atoms with van der Waals surface area (Å²) in [5.74, 6) is 0.624. The largest absolute Gasteiger partial charge is 0.369 e. The van der Waals surface area contributed by atoms with Gasteiger partial charge < -0.3 is 4.90 Å². The minimum atomic E-state index is -0.847. The Morgan fingerprint density at radius 2 is 2.08 bits per heavy atom. The summed E-state index contributed by atoms with van der Waals surface area (Å²) in [6.07, 6.45) is 1.71. The Bertz CT molecular complexity index is 849. The second-order valence-electron chi connectivity index (χ2n) is 6.57. The standard InChI is InChI=1S/C18H23N3O3S/c1-4-18(5-2)12-20(9-10-25(18)24)16-11-13(3)19-17-14(16)7-6-8-15(17)21(22)23/h6-8,11H,4-5,9-10,12H2,1-3H3. The molecule has 1 fully saturated rings. The van der Waals surface area contributed by atoms with Gasteiger partial charge in [0.1, 0.15) is 0 Å². The smallest absolute Gasteiger partial charge is 0.295 e. The monoisotopic (exact) mass is 361 g/mol. The van der Waals surface area contributed by atoms with E-state index in [1.54, 1.807) is 6.07 Å². The first-order valence-corrected chi connectivity index (χ1v) is 9.92. The first-order valence-electron chi connectivity index (χ1n) is 8.60. The molecule has 1 aromatic heterocycles. The number of non-ortho nitro benzene ring substituents is 1. The van der Waals surface area contributed by atoms with E-state index in [1.165, 1.54) is 6.07 Å². The Morgan fingerprint density at radius 3 is 2.72 bits per heavy atom. The number of benzene rings is 1. The molecule has 2 heterocycles. The summed E-state index contributed by atoms with van der Waals surface area (Å²) in [7, 11) is -0.847. The summed E-state index contributed by atoms with van der Waals surface area (Å²) in [6, 6.07) is 7.06. The van der Waals surface area contributed by atoms with E-state index in [0.717, 1.165) is 29.6 Å². The molecule has 1 unspecified atom stereocenters. The number of rotatable bonds is 4. The molecule has 1 aliphatic heterocycles. The average Bonchev–Trinajstić information content (AvgIpc) is 2.61. The molecule has 7 heteroatoms. The third-order valence-corrected chi connectivity index (χ3v) is 7.48. The predicted octanol–water partition coefficient (Wildman–Crippen LogP) is 3.58. The number of fused-ring (bicyclic) bond motifs is 1. The van der Waals surface area contributed by atoms with Crippen LogP contribution in [0.4, 0.5) is 11.4 Å². The first-order chi connectivity index (χ1) is 11.9. The fourth-order valence-corrected chi connectivity index (χ4v) is 5.42. The van der Waals surface area contributed by atoms with Crippen LogP contribution >= 0.6 is 0 Å².